The fourth-order valence-corrected chi connectivity index (χ4v) is 1.38. The molecule has 0 aliphatic heterocycles. The van der Waals surface area contributed by atoms with Gasteiger partial charge in [-0.05, 0) is 23.6 Å². The van der Waals surface area contributed by atoms with Gasteiger partial charge < -0.3 is 15.8 Å². The Bertz CT molecular complexity index is 360. The van der Waals surface area contributed by atoms with E-state index >= 15 is 0 Å². The average molecular weight is 236 g/mol. The van der Waals surface area contributed by atoms with Crippen molar-refractivity contribution in [1.29, 1.82) is 0 Å². The number of rotatable bonds is 5. The van der Waals surface area contributed by atoms with Crippen molar-refractivity contribution >= 4 is 11.6 Å². The second-order valence-electron chi connectivity index (χ2n) is 4.39. The maximum atomic E-state index is 11.7. The summed E-state index contributed by atoms with van der Waals surface area (Å²) in [4.78, 5) is 11.7. The highest BCUT2D eigenvalue weighted by atomic mass is 16.5. The van der Waals surface area contributed by atoms with Crippen molar-refractivity contribution in [3.05, 3.63) is 29.8 Å². The maximum absolute atomic E-state index is 11.7. The number of methoxy groups -OCH3 is 1. The van der Waals surface area contributed by atoms with Gasteiger partial charge in [0.15, 0.2) is 0 Å². The molecular formula is C13H20N2O2. The maximum Gasteiger partial charge on any atom is 0.241 e. The number of carbonyl (C=O) groups is 1. The Morgan fingerprint density at radius 2 is 1.94 bits per heavy atom. The van der Waals surface area contributed by atoms with Crippen LogP contribution in [-0.2, 0) is 16.1 Å². The Morgan fingerprint density at radius 3 is 2.41 bits per heavy atom. The zero-order valence-electron chi connectivity index (χ0n) is 10.6. The highest BCUT2D eigenvalue weighted by Gasteiger charge is 2.16. The van der Waals surface area contributed by atoms with E-state index in [1.54, 1.807) is 7.11 Å². The van der Waals surface area contributed by atoms with Crippen LogP contribution >= 0.6 is 0 Å². The van der Waals surface area contributed by atoms with Gasteiger partial charge in [0.05, 0.1) is 12.6 Å². The van der Waals surface area contributed by atoms with Gasteiger partial charge in [-0.2, -0.15) is 0 Å². The van der Waals surface area contributed by atoms with Crippen LogP contribution in [0.5, 0.6) is 0 Å². The van der Waals surface area contributed by atoms with Gasteiger partial charge in [0.1, 0.15) is 0 Å². The number of nitrogens with one attached hydrogen (secondary N) is 1. The van der Waals surface area contributed by atoms with E-state index in [-0.39, 0.29) is 11.8 Å². The Morgan fingerprint density at radius 1 is 1.35 bits per heavy atom. The van der Waals surface area contributed by atoms with Gasteiger partial charge in [0.25, 0.3) is 0 Å². The normalized spacial score (nSPS) is 12.5. The number of hydrogen-bond acceptors (Lipinski definition) is 3. The molecule has 0 spiro atoms. The minimum atomic E-state index is -0.478. The van der Waals surface area contributed by atoms with E-state index in [2.05, 4.69) is 5.32 Å². The van der Waals surface area contributed by atoms with Crippen LogP contribution in [0.25, 0.3) is 0 Å². The molecule has 0 saturated heterocycles. The Balaban J connectivity index is 2.60. The lowest BCUT2D eigenvalue weighted by molar-refractivity contribution is -0.118. The standard InChI is InChI=1S/C13H20N2O2/c1-9(2)12(14)13(16)15-11-6-4-10(5-7-11)8-17-3/h4-7,9,12H,8,14H2,1-3H3,(H,15,16)/t12-/m0/s1. The fourth-order valence-electron chi connectivity index (χ4n) is 1.38. The van der Waals surface area contributed by atoms with Gasteiger partial charge in [-0.3, -0.25) is 4.79 Å². The second kappa shape index (κ2) is 6.37. The van der Waals surface area contributed by atoms with Gasteiger partial charge in [0, 0.05) is 12.8 Å². The summed E-state index contributed by atoms with van der Waals surface area (Å²) >= 11 is 0. The molecule has 0 fully saturated rings. The van der Waals surface area contributed by atoms with Crippen molar-refractivity contribution in [1.82, 2.24) is 0 Å². The third-order valence-corrected chi connectivity index (χ3v) is 2.55. The summed E-state index contributed by atoms with van der Waals surface area (Å²) in [5.74, 6) is -0.0257. The van der Waals surface area contributed by atoms with E-state index in [1.807, 2.05) is 38.1 Å². The lowest BCUT2D eigenvalue weighted by Crippen LogP contribution is -2.39. The summed E-state index contributed by atoms with van der Waals surface area (Å²) in [6, 6.07) is 7.05. The quantitative estimate of drug-likeness (QED) is 0.818. The molecular weight excluding hydrogens is 216 g/mol. The Hall–Kier alpha value is -1.39. The van der Waals surface area contributed by atoms with Gasteiger partial charge in [0.2, 0.25) is 5.91 Å². The first-order chi connectivity index (χ1) is 8.04. The molecule has 17 heavy (non-hydrogen) atoms. The van der Waals surface area contributed by atoms with Crippen LogP contribution < -0.4 is 11.1 Å². The summed E-state index contributed by atoms with van der Waals surface area (Å²) in [5, 5.41) is 2.79. The van der Waals surface area contributed by atoms with Crippen LogP contribution in [0.4, 0.5) is 5.69 Å². The number of ether oxygens (including phenoxy) is 1. The predicted octanol–water partition coefficient (Wildman–Crippen LogP) is 1.75. The summed E-state index contributed by atoms with van der Waals surface area (Å²) in [6.45, 7) is 4.41. The van der Waals surface area contributed by atoms with Gasteiger partial charge in [-0.1, -0.05) is 26.0 Å². The third-order valence-electron chi connectivity index (χ3n) is 2.55. The van der Waals surface area contributed by atoms with Gasteiger partial charge in [-0.25, -0.2) is 0 Å². The summed E-state index contributed by atoms with van der Waals surface area (Å²) < 4.78 is 5.01. The number of anilines is 1. The molecule has 0 aromatic heterocycles. The predicted molar refractivity (Wildman–Crippen MR) is 68.6 cm³/mol. The summed E-state index contributed by atoms with van der Waals surface area (Å²) in [6.07, 6.45) is 0. The number of hydrogen-bond donors (Lipinski definition) is 2. The smallest absolute Gasteiger partial charge is 0.241 e. The van der Waals surface area contributed by atoms with Crippen molar-refractivity contribution in [2.75, 3.05) is 12.4 Å². The van der Waals surface area contributed by atoms with E-state index in [0.717, 1.165) is 11.3 Å². The molecule has 94 valence electrons. The van der Waals surface area contributed by atoms with Crippen molar-refractivity contribution in [2.45, 2.75) is 26.5 Å². The number of nitrogens with two attached hydrogens (primary N) is 1. The molecule has 4 nitrogen and oxygen atoms in total. The van der Waals surface area contributed by atoms with Crippen molar-refractivity contribution in [3.8, 4) is 0 Å². The first kappa shape index (κ1) is 13.7. The van der Waals surface area contributed by atoms with E-state index in [9.17, 15) is 4.79 Å². The molecule has 3 N–H and O–H groups in total. The Labute approximate surface area is 102 Å². The molecule has 0 unspecified atom stereocenters. The Kier molecular flexibility index (Phi) is 5.12. The fraction of sp³-hybridized carbons (Fsp3) is 0.462. The molecule has 0 bridgehead atoms. The number of amides is 1. The topological polar surface area (TPSA) is 64.3 Å². The van der Waals surface area contributed by atoms with Crippen molar-refractivity contribution in [2.24, 2.45) is 11.7 Å². The highest BCUT2D eigenvalue weighted by molar-refractivity contribution is 5.94. The molecule has 0 saturated carbocycles. The number of benzene rings is 1. The SMILES string of the molecule is COCc1ccc(NC(=O)[C@@H](N)C(C)C)cc1. The molecule has 1 aromatic carbocycles. The van der Waals surface area contributed by atoms with E-state index in [4.69, 9.17) is 10.5 Å². The first-order valence-corrected chi connectivity index (χ1v) is 5.69. The average Bonchev–Trinajstić information content (AvgIpc) is 2.30. The van der Waals surface area contributed by atoms with Gasteiger partial charge in [-0.15, -0.1) is 0 Å². The van der Waals surface area contributed by atoms with E-state index in [0.29, 0.717) is 6.61 Å². The minimum Gasteiger partial charge on any atom is -0.380 e. The molecule has 4 heteroatoms. The largest absolute Gasteiger partial charge is 0.380 e. The summed E-state index contributed by atoms with van der Waals surface area (Å²) in [7, 11) is 1.65. The highest BCUT2D eigenvalue weighted by Crippen LogP contribution is 2.11. The zero-order valence-corrected chi connectivity index (χ0v) is 10.6. The van der Waals surface area contributed by atoms with Gasteiger partial charge >= 0.3 is 0 Å². The molecule has 0 radical (unpaired) electrons. The lowest BCUT2D eigenvalue weighted by atomic mass is 10.0. The molecule has 1 amide bonds. The lowest BCUT2D eigenvalue weighted by Gasteiger charge is -2.15. The number of carbonyl (C=O) groups excluding carboxylic acids is 1. The summed E-state index contributed by atoms with van der Waals surface area (Å²) in [5.41, 5.74) is 7.58. The van der Waals surface area contributed by atoms with E-state index in [1.165, 1.54) is 0 Å². The third kappa shape index (κ3) is 4.17. The second-order valence-corrected chi connectivity index (χ2v) is 4.39. The van der Waals surface area contributed by atoms with Crippen LogP contribution in [0.1, 0.15) is 19.4 Å². The molecule has 1 atom stereocenters. The minimum absolute atomic E-state index is 0.128. The van der Waals surface area contributed by atoms with E-state index < -0.39 is 6.04 Å². The van der Waals surface area contributed by atoms with Crippen LogP contribution in [0.15, 0.2) is 24.3 Å². The molecule has 1 aromatic rings. The van der Waals surface area contributed by atoms with Crippen LogP contribution in [0.3, 0.4) is 0 Å². The molecule has 0 aliphatic carbocycles. The van der Waals surface area contributed by atoms with Crippen molar-refractivity contribution in [3.63, 3.8) is 0 Å². The van der Waals surface area contributed by atoms with Crippen LogP contribution in [-0.4, -0.2) is 19.1 Å². The van der Waals surface area contributed by atoms with Crippen LogP contribution in [0.2, 0.25) is 0 Å². The monoisotopic (exact) mass is 236 g/mol. The van der Waals surface area contributed by atoms with Crippen LogP contribution in [0, 0.1) is 5.92 Å². The molecule has 1 rings (SSSR count). The molecule has 0 heterocycles. The zero-order chi connectivity index (χ0) is 12.8. The van der Waals surface area contributed by atoms with Crippen molar-refractivity contribution < 1.29 is 9.53 Å². The molecule has 0 aliphatic rings. The first-order valence-electron chi connectivity index (χ1n) is 5.69.